The first-order valence-electron chi connectivity index (χ1n) is 5.51. The third kappa shape index (κ3) is 1.59. The zero-order valence-electron chi connectivity index (χ0n) is 8.86. The number of nitrogens with zero attached hydrogens (tertiary/aromatic N) is 3. The first-order chi connectivity index (χ1) is 7.74. The van der Waals surface area contributed by atoms with E-state index in [2.05, 4.69) is 25.9 Å². The molecule has 0 aromatic carbocycles. The number of aromatic nitrogens is 3. The minimum absolute atomic E-state index is 0.576. The highest BCUT2D eigenvalue weighted by atomic mass is 79.9. The molecule has 2 N–H and O–H groups in total. The monoisotopic (exact) mass is 280 g/mol. The van der Waals surface area contributed by atoms with Crippen molar-refractivity contribution in [1.29, 1.82) is 0 Å². The van der Waals surface area contributed by atoms with Crippen molar-refractivity contribution in [2.24, 2.45) is 5.92 Å². The molecule has 1 aliphatic carbocycles. The molecule has 2 heterocycles. The van der Waals surface area contributed by atoms with Crippen LogP contribution < -0.4 is 5.73 Å². The summed E-state index contributed by atoms with van der Waals surface area (Å²) in [4.78, 5) is 8.72. The highest BCUT2D eigenvalue weighted by Gasteiger charge is 2.20. The van der Waals surface area contributed by atoms with Gasteiger partial charge < -0.3 is 5.73 Å². The highest BCUT2D eigenvalue weighted by molar-refractivity contribution is 9.10. The molecule has 4 nitrogen and oxygen atoms in total. The van der Waals surface area contributed by atoms with Crippen LogP contribution in [0, 0.1) is 5.92 Å². The fraction of sp³-hybridized carbons (Fsp3) is 0.455. The van der Waals surface area contributed by atoms with Gasteiger partial charge in [0.2, 0.25) is 5.95 Å². The van der Waals surface area contributed by atoms with Gasteiger partial charge in [-0.3, -0.25) is 4.57 Å². The zero-order chi connectivity index (χ0) is 11.1. The molecule has 0 saturated heterocycles. The maximum atomic E-state index is 5.93. The largest absolute Gasteiger partial charge is 0.369 e. The smallest absolute Gasteiger partial charge is 0.202 e. The fourth-order valence-corrected chi connectivity index (χ4v) is 2.44. The molecule has 0 amide bonds. The van der Waals surface area contributed by atoms with E-state index in [4.69, 9.17) is 5.73 Å². The normalized spacial score (nSPS) is 16.6. The Labute approximate surface area is 102 Å². The van der Waals surface area contributed by atoms with Gasteiger partial charge in [0.25, 0.3) is 0 Å². The second kappa shape index (κ2) is 3.73. The minimum atomic E-state index is 0.576. The van der Waals surface area contributed by atoms with Gasteiger partial charge in [-0.25, -0.2) is 9.97 Å². The van der Waals surface area contributed by atoms with Crippen molar-refractivity contribution in [2.75, 3.05) is 5.73 Å². The number of hydrogen-bond donors (Lipinski definition) is 1. The van der Waals surface area contributed by atoms with E-state index in [9.17, 15) is 0 Å². The number of hydrogen-bond acceptors (Lipinski definition) is 3. The summed E-state index contributed by atoms with van der Waals surface area (Å²) in [7, 11) is 0. The number of anilines is 1. The molecule has 1 fully saturated rings. The number of fused-ring (bicyclic) bond motifs is 1. The van der Waals surface area contributed by atoms with Crippen LogP contribution in [0.1, 0.15) is 19.3 Å². The molecule has 3 rings (SSSR count). The molecule has 0 unspecified atom stereocenters. The van der Waals surface area contributed by atoms with Gasteiger partial charge in [-0.05, 0) is 40.8 Å². The number of pyridine rings is 1. The summed E-state index contributed by atoms with van der Waals surface area (Å²) in [6.07, 6.45) is 5.74. The molecule has 84 valence electrons. The summed E-state index contributed by atoms with van der Waals surface area (Å²) in [6.45, 7) is 0.955. The second-order valence-electron chi connectivity index (χ2n) is 4.37. The first kappa shape index (κ1) is 10.1. The Hall–Kier alpha value is -1.10. The van der Waals surface area contributed by atoms with Crippen molar-refractivity contribution < 1.29 is 0 Å². The average Bonchev–Trinajstić information content (AvgIpc) is 2.47. The summed E-state index contributed by atoms with van der Waals surface area (Å²) >= 11 is 3.39. The lowest BCUT2D eigenvalue weighted by molar-refractivity contribution is 0.280. The van der Waals surface area contributed by atoms with E-state index in [1.54, 1.807) is 6.20 Å². The molecule has 0 bridgehead atoms. The summed E-state index contributed by atoms with van der Waals surface area (Å²) < 4.78 is 2.97. The molecule has 0 atom stereocenters. The van der Waals surface area contributed by atoms with Crippen LogP contribution in [0.4, 0.5) is 5.95 Å². The third-order valence-corrected chi connectivity index (χ3v) is 3.68. The standard InChI is InChI=1S/C11H13BrN4/c12-8-4-9-10(14-5-8)16(11(13)15-9)6-7-2-1-3-7/h4-5,7H,1-3,6H2,(H2,13,15). The second-order valence-corrected chi connectivity index (χ2v) is 5.29. The van der Waals surface area contributed by atoms with Gasteiger partial charge >= 0.3 is 0 Å². The van der Waals surface area contributed by atoms with Crippen molar-refractivity contribution in [3.63, 3.8) is 0 Å². The fourth-order valence-electron chi connectivity index (χ4n) is 2.12. The van der Waals surface area contributed by atoms with Crippen LogP contribution in [0.25, 0.3) is 11.2 Å². The predicted molar refractivity (Wildman–Crippen MR) is 67.0 cm³/mol. The van der Waals surface area contributed by atoms with Gasteiger partial charge in [0, 0.05) is 17.2 Å². The number of nitrogen functional groups attached to an aromatic ring is 1. The van der Waals surface area contributed by atoms with Gasteiger partial charge in [-0.2, -0.15) is 0 Å². The lowest BCUT2D eigenvalue weighted by atomic mass is 9.85. The number of rotatable bonds is 2. The van der Waals surface area contributed by atoms with Crippen LogP contribution in [0.5, 0.6) is 0 Å². The molecule has 1 saturated carbocycles. The summed E-state index contributed by atoms with van der Waals surface area (Å²) in [6, 6.07) is 1.95. The lowest BCUT2D eigenvalue weighted by Gasteiger charge is -2.25. The van der Waals surface area contributed by atoms with Gasteiger partial charge in [-0.15, -0.1) is 0 Å². The maximum absolute atomic E-state index is 5.93. The van der Waals surface area contributed by atoms with Crippen molar-refractivity contribution in [3.8, 4) is 0 Å². The Kier molecular flexibility index (Phi) is 2.35. The molecule has 5 heteroatoms. The van der Waals surface area contributed by atoms with Crippen molar-refractivity contribution in [2.45, 2.75) is 25.8 Å². The van der Waals surface area contributed by atoms with E-state index < -0.39 is 0 Å². The molecular formula is C11H13BrN4. The Morgan fingerprint density at radius 3 is 3.00 bits per heavy atom. The van der Waals surface area contributed by atoms with Crippen molar-refractivity contribution in [1.82, 2.24) is 14.5 Å². The van der Waals surface area contributed by atoms with Crippen LogP contribution in [0.15, 0.2) is 16.7 Å². The molecule has 2 aromatic rings. The SMILES string of the molecule is Nc1nc2cc(Br)cnc2n1CC1CCC1. The van der Waals surface area contributed by atoms with Crippen molar-refractivity contribution >= 4 is 33.0 Å². The average molecular weight is 281 g/mol. The Morgan fingerprint density at radius 1 is 1.50 bits per heavy atom. The van der Waals surface area contributed by atoms with Crippen LogP contribution in [0.2, 0.25) is 0 Å². The highest BCUT2D eigenvalue weighted by Crippen LogP contribution is 2.30. The van der Waals surface area contributed by atoms with Crippen LogP contribution in [-0.2, 0) is 6.54 Å². The quantitative estimate of drug-likeness (QED) is 0.920. The molecule has 2 aromatic heterocycles. The summed E-state index contributed by atoms with van der Waals surface area (Å²) in [5.41, 5.74) is 7.69. The third-order valence-electron chi connectivity index (χ3n) is 3.25. The molecule has 0 aliphatic heterocycles. The lowest BCUT2D eigenvalue weighted by Crippen LogP contribution is -2.19. The Morgan fingerprint density at radius 2 is 2.31 bits per heavy atom. The molecular weight excluding hydrogens is 268 g/mol. The Bertz CT molecular complexity index is 530. The van der Waals surface area contributed by atoms with E-state index in [1.165, 1.54) is 19.3 Å². The molecule has 0 spiro atoms. The Balaban J connectivity index is 2.04. The number of halogens is 1. The topological polar surface area (TPSA) is 56.7 Å². The molecule has 0 radical (unpaired) electrons. The maximum Gasteiger partial charge on any atom is 0.202 e. The van der Waals surface area contributed by atoms with E-state index in [-0.39, 0.29) is 0 Å². The van der Waals surface area contributed by atoms with Crippen LogP contribution >= 0.6 is 15.9 Å². The van der Waals surface area contributed by atoms with Gasteiger partial charge in [-0.1, -0.05) is 6.42 Å². The van der Waals surface area contributed by atoms with Crippen LogP contribution in [-0.4, -0.2) is 14.5 Å². The van der Waals surface area contributed by atoms with Gasteiger partial charge in [0.1, 0.15) is 5.52 Å². The zero-order valence-corrected chi connectivity index (χ0v) is 10.4. The summed E-state index contributed by atoms with van der Waals surface area (Å²) in [5.74, 6) is 1.33. The van der Waals surface area contributed by atoms with Crippen LogP contribution in [0.3, 0.4) is 0 Å². The number of imidazole rings is 1. The van der Waals surface area contributed by atoms with Gasteiger partial charge in [0.05, 0.1) is 0 Å². The van der Waals surface area contributed by atoms with Crippen molar-refractivity contribution in [3.05, 3.63) is 16.7 Å². The number of nitrogens with two attached hydrogens (primary N) is 1. The van der Waals surface area contributed by atoms with E-state index in [0.717, 1.165) is 28.1 Å². The van der Waals surface area contributed by atoms with E-state index in [0.29, 0.717) is 5.95 Å². The first-order valence-corrected chi connectivity index (χ1v) is 6.30. The predicted octanol–water partition coefficient (Wildman–Crippen LogP) is 2.58. The molecule has 16 heavy (non-hydrogen) atoms. The van der Waals surface area contributed by atoms with Gasteiger partial charge in [0.15, 0.2) is 5.65 Å². The minimum Gasteiger partial charge on any atom is -0.369 e. The van der Waals surface area contributed by atoms with E-state index in [1.807, 2.05) is 10.6 Å². The molecule has 1 aliphatic rings. The summed E-state index contributed by atoms with van der Waals surface area (Å²) in [5, 5.41) is 0. The van der Waals surface area contributed by atoms with E-state index >= 15 is 0 Å².